The minimum Gasteiger partial charge on any atom is -0.354 e. The van der Waals surface area contributed by atoms with Gasteiger partial charge in [-0.25, -0.2) is 0 Å². The van der Waals surface area contributed by atoms with Crippen molar-refractivity contribution in [2.24, 2.45) is 11.8 Å². The van der Waals surface area contributed by atoms with Crippen molar-refractivity contribution in [2.75, 3.05) is 58.3 Å². The van der Waals surface area contributed by atoms with Gasteiger partial charge in [0.1, 0.15) is 0 Å². The molecule has 1 aliphatic carbocycles. The third-order valence-electron chi connectivity index (χ3n) is 6.85. The predicted octanol–water partition coefficient (Wildman–Crippen LogP) is 0.453. The highest BCUT2D eigenvalue weighted by atomic mass is 16.2. The van der Waals surface area contributed by atoms with Gasteiger partial charge >= 0.3 is 0 Å². The zero-order chi connectivity index (χ0) is 18.5. The Hall–Kier alpha value is -1.73. The summed E-state index contributed by atoms with van der Waals surface area (Å²) in [7, 11) is 4.17. The summed E-state index contributed by atoms with van der Waals surface area (Å²) < 4.78 is 0. The van der Waals surface area contributed by atoms with E-state index in [1.807, 2.05) is 11.9 Å². The standard InChI is InChI=1S/C20H30N6O/c1-23-8-15-11-26(12-16(15)9-23)19-7-14-10-25(6-5-18(14)21-22-19)13-20(27)24(2)17-3-4-17/h7,15-17H,3-6,8-13H2,1-2H3/t15-,16+. The van der Waals surface area contributed by atoms with E-state index in [4.69, 9.17) is 0 Å². The summed E-state index contributed by atoms with van der Waals surface area (Å²) in [5, 5.41) is 9.07. The molecular formula is C20H30N6O. The highest BCUT2D eigenvalue weighted by molar-refractivity contribution is 5.78. The smallest absolute Gasteiger partial charge is 0.236 e. The average Bonchev–Trinajstić information content (AvgIpc) is 3.34. The van der Waals surface area contributed by atoms with Gasteiger partial charge in [0.15, 0.2) is 5.82 Å². The zero-order valence-electron chi connectivity index (χ0n) is 16.5. The lowest BCUT2D eigenvalue weighted by Gasteiger charge is -2.30. The number of fused-ring (bicyclic) bond motifs is 2. The molecule has 0 spiro atoms. The molecule has 146 valence electrons. The zero-order valence-corrected chi connectivity index (χ0v) is 16.5. The molecule has 0 radical (unpaired) electrons. The molecule has 1 saturated carbocycles. The second-order valence-electron chi connectivity index (χ2n) is 9.02. The Bertz CT molecular complexity index is 721. The van der Waals surface area contributed by atoms with Gasteiger partial charge in [-0.15, -0.1) is 5.10 Å². The molecule has 1 aromatic heterocycles. The molecule has 3 fully saturated rings. The maximum Gasteiger partial charge on any atom is 0.236 e. The van der Waals surface area contributed by atoms with Crippen LogP contribution in [0.25, 0.3) is 0 Å². The van der Waals surface area contributed by atoms with E-state index in [9.17, 15) is 4.79 Å². The predicted molar refractivity (Wildman–Crippen MR) is 103 cm³/mol. The molecule has 2 saturated heterocycles. The van der Waals surface area contributed by atoms with E-state index in [0.29, 0.717) is 12.6 Å². The van der Waals surface area contributed by atoms with Crippen molar-refractivity contribution in [2.45, 2.75) is 31.8 Å². The van der Waals surface area contributed by atoms with E-state index in [1.165, 1.54) is 18.7 Å². The molecule has 27 heavy (non-hydrogen) atoms. The number of likely N-dealkylation sites (N-methyl/N-ethyl adjacent to an activating group) is 1. The van der Waals surface area contributed by atoms with Gasteiger partial charge in [-0.05, 0) is 43.4 Å². The minimum absolute atomic E-state index is 0.250. The summed E-state index contributed by atoms with van der Waals surface area (Å²) in [4.78, 5) is 21.5. The van der Waals surface area contributed by atoms with Gasteiger partial charge in [0.2, 0.25) is 5.91 Å². The summed E-state index contributed by atoms with van der Waals surface area (Å²) in [6.45, 7) is 6.81. The number of carbonyl (C=O) groups excluding carboxylic acids is 1. The Morgan fingerprint density at radius 1 is 1.19 bits per heavy atom. The first-order chi connectivity index (χ1) is 13.1. The molecule has 7 heteroatoms. The Kier molecular flexibility index (Phi) is 4.31. The number of amides is 1. The van der Waals surface area contributed by atoms with Crippen molar-refractivity contribution >= 4 is 11.7 Å². The van der Waals surface area contributed by atoms with Crippen LogP contribution in [-0.4, -0.2) is 90.2 Å². The first-order valence-electron chi connectivity index (χ1n) is 10.3. The summed E-state index contributed by atoms with van der Waals surface area (Å²) in [6, 6.07) is 2.72. The van der Waals surface area contributed by atoms with E-state index in [-0.39, 0.29) is 5.91 Å². The molecule has 0 unspecified atom stereocenters. The van der Waals surface area contributed by atoms with Crippen LogP contribution in [0, 0.1) is 11.8 Å². The van der Waals surface area contributed by atoms with Gasteiger partial charge in [-0.2, -0.15) is 5.10 Å². The summed E-state index contributed by atoms with van der Waals surface area (Å²) >= 11 is 0. The number of carbonyl (C=O) groups is 1. The molecule has 5 rings (SSSR count). The Balaban J connectivity index is 1.24. The third-order valence-corrected chi connectivity index (χ3v) is 6.85. The summed E-state index contributed by atoms with van der Waals surface area (Å²) in [6.07, 6.45) is 3.22. The summed E-state index contributed by atoms with van der Waals surface area (Å²) in [5.74, 6) is 2.80. The van der Waals surface area contributed by atoms with Crippen LogP contribution in [0.4, 0.5) is 5.82 Å². The SMILES string of the molecule is CN1C[C@@H]2CN(c3cc4c(nn3)CCN(CC(=O)N(C)C3CC3)C4)C[C@@H]2C1. The van der Waals surface area contributed by atoms with Gasteiger partial charge in [-0.1, -0.05) is 0 Å². The third kappa shape index (κ3) is 3.43. The van der Waals surface area contributed by atoms with E-state index in [2.05, 4.69) is 38.0 Å². The maximum atomic E-state index is 12.5. The molecule has 2 atom stereocenters. The second-order valence-corrected chi connectivity index (χ2v) is 9.02. The van der Waals surface area contributed by atoms with Crippen molar-refractivity contribution in [1.82, 2.24) is 24.9 Å². The van der Waals surface area contributed by atoms with Crippen LogP contribution in [0.1, 0.15) is 24.1 Å². The topological polar surface area (TPSA) is 55.8 Å². The molecule has 1 aromatic rings. The van der Waals surface area contributed by atoms with Crippen molar-refractivity contribution in [3.05, 3.63) is 17.3 Å². The molecule has 3 aliphatic heterocycles. The first-order valence-corrected chi connectivity index (χ1v) is 10.3. The Morgan fingerprint density at radius 3 is 2.63 bits per heavy atom. The molecule has 1 amide bonds. The highest BCUT2D eigenvalue weighted by Gasteiger charge is 2.39. The van der Waals surface area contributed by atoms with Gasteiger partial charge in [0.25, 0.3) is 0 Å². The van der Waals surface area contributed by atoms with Crippen LogP contribution in [0.15, 0.2) is 6.07 Å². The molecule has 0 bridgehead atoms. The Morgan fingerprint density at radius 2 is 1.93 bits per heavy atom. The van der Waals surface area contributed by atoms with Crippen molar-refractivity contribution in [3.8, 4) is 0 Å². The molecule has 4 heterocycles. The van der Waals surface area contributed by atoms with Crippen LogP contribution in [0.5, 0.6) is 0 Å². The number of likely N-dealkylation sites (tertiary alicyclic amines) is 1. The largest absolute Gasteiger partial charge is 0.354 e. The van der Waals surface area contributed by atoms with Gasteiger partial charge in [0.05, 0.1) is 12.2 Å². The van der Waals surface area contributed by atoms with Crippen molar-refractivity contribution in [1.29, 1.82) is 0 Å². The van der Waals surface area contributed by atoms with Crippen molar-refractivity contribution < 1.29 is 4.79 Å². The molecule has 0 N–H and O–H groups in total. The van der Waals surface area contributed by atoms with Crippen LogP contribution >= 0.6 is 0 Å². The van der Waals surface area contributed by atoms with Crippen LogP contribution in [-0.2, 0) is 17.8 Å². The number of hydrogen-bond acceptors (Lipinski definition) is 6. The second kappa shape index (κ2) is 6.71. The first kappa shape index (κ1) is 17.4. The lowest BCUT2D eigenvalue weighted by atomic mass is 10.0. The average molecular weight is 371 g/mol. The fourth-order valence-corrected chi connectivity index (χ4v) is 5.05. The quantitative estimate of drug-likeness (QED) is 0.767. The maximum absolute atomic E-state index is 12.5. The number of aromatic nitrogens is 2. The fraction of sp³-hybridized carbons (Fsp3) is 0.750. The minimum atomic E-state index is 0.250. The van der Waals surface area contributed by atoms with E-state index >= 15 is 0 Å². The van der Waals surface area contributed by atoms with Crippen LogP contribution in [0.2, 0.25) is 0 Å². The van der Waals surface area contributed by atoms with Gasteiger partial charge in [0, 0.05) is 58.8 Å². The number of anilines is 1. The number of hydrogen-bond donors (Lipinski definition) is 0. The normalized spacial score (nSPS) is 28.3. The molecular weight excluding hydrogens is 340 g/mol. The van der Waals surface area contributed by atoms with Gasteiger partial charge < -0.3 is 14.7 Å². The lowest BCUT2D eigenvalue weighted by Crippen LogP contribution is -2.41. The van der Waals surface area contributed by atoms with Crippen LogP contribution in [0.3, 0.4) is 0 Å². The molecule has 4 aliphatic rings. The monoisotopic (exact) mass is 370 g/mol. The van der Waals surface area contributed by atoms with Crippen molar-refractivity contribution in [3.63, 3.8) is 0 Å². The van der Waals surface area contributed by atoms with E-state index in [0.717, 1.165) is 68.8 Å². The van der Waals surface area contributed by atoms with E-state index in [1.54, 1.807) is 0 Å². The highest BCUT2D eigenvalue weighted by Crippen LogP contribution is 2.33. The number of rotatable bonds is 4. The number of nitrogens with zero attached hydrogens (tertiary/aromatic N) is 6. The van der Waals surface area contributed by atoms with Gasteiger partial charge in [-0.3, -0.25) is 9.69 Å². The molecule has 7 nitrogen and oxygen atoms in total. The lowest BCUT2D eigenvalue weighted by molar-refractivity contribution is -0.131. The Labute approximate surface area is 161 Å². The molecule has 0 aromatic carbocycles. The van der Waals surface area contributed by atoms with E-state index < -0.39 is 0 Å². The summed E-state index contributed by atoms with van der Waals surface area (Å²) in [5.41, 5.74) is 2.36. The van der Waals surface area contributed by atoms with Crippen LogP contribution < -0.4 is 4.90 Å². The fourth-order valence-electron chi connectivity index (χ4n) is 5.05.